The van der Waals surface area contributed by atoms with E-state index in [9.17, 15) is 14.4 Å². The van der Waals surface area contributed by atoms with Crippen molar-refractivity contribution in [3.05, 3.63) is 46.6 Å². The number of aromatic nitrogens is 1. The van der Waals surface area contributed by atoms with Gasteiger partial charge in [-0.2, -0.15) is 0 Å². The van der Waals surface area contributed by atoms with E-state index in [4.69, 9.17) is 13.9 Å². The third-order valence-electron chi connectivity index (χ3n) is 6.39. The number of esters is 1. The van der Waals surface area contributed by atoms with Crippen molar-refractivity contribution in [2.24, 2.45) is 17.8 Å². The molecule has 1 aliphatic carbocycles. The van der Waals surface area contributed by atoms with Crippen molar-refractivity contribution in [2.45, 2.75) is 52.2 Å². The van der Waals surface area contributed by atoms with E-state index >= 15 is 0 Å². The number of ether oxygens (including phenoxy) is 2. The van der Waals surface area contributed by atoms with Gasteiger partial charge in [-0.25, -0.2) is 4.79 Å². The normalized spacial score (nSPS) is 27.8. The summed E-state index contributed by atoms with van der Waals surface area (Å²) in [6.45, 7) is 7.30. The van der Waals surface area contributed by atoms with Gasteiger partial charge in [-0.3, -0.25) is 14.6 Å². The van der Waals surface area contributed by atoms with Crippen molar-refractivity contribution >= 4 is 11.8 Å². The van der Waals surface area contributed by atoms with Gasteiger partial charge in [0.15, 0.2) is 11.4 Å². The van der Waals surface area contributed by atoms with Crippen LogP contribution in [0.3, 0.4) is 0 Å². The largest absolute Gasteiger partial charge is 0.482 e. The Morgan fingerprint density at radius 3 is 2.70 bits per heavy atom. The summed E-state index contributed by atoms with van der Waals surface area (Å²) in [7, 11) is 0. The average Bonchev–Trinajstić information content (AvgIpc) is 2.68. The molecule has 0 radical (unpaired) electrons. The van der Waals surface area contributed by atoms with Gasteiger partial charge in [0.2, 0.25) is 0 Å². The van der Waals surface area contributed by atoms with Gasteiger partial charge in [-0.05, 0) is 43.7 Å². The first-order valence-electron chi connectivity index (χ1n) is 10.2. The monoisotopic (exact) mass is 411 g/mol. The van der Waals surface area contributed by atoms with Crippen LogP contribution in [0.5, 0.6) is 5.75 Å². The number of carbonyl (C=O) groups excluding carboxylic acids is 2. The van der Waals surface area contributed by atoms with Gasteiger partial charge in [0, 0.05) is 30.9 Å². The predicted molar refractivity (Wildman–Crippen MR) is 108 cm³/mol. The number of pyridine rings is 1. The highest BCUT2D eigenvalue weighted by atomic mass is 16.6. The molecule has 2 aromatic rings. The van der Waals surface area contributed by atoms with Crippen molar-refractivity contribution in [1.82, 2.24) is 4.98 Å². The van der Waals surface area contributed by atoms with Crippen LogP contribution >= 0.6 is 0 Å². The Bertz CT molecular complexity index is 1040. The zero-order valence-electron chi connectivity index (χ0n) is 17.5. The molecular weight excluding hydrogens is 386 g/mol. The fourth-order valence-corrected chi connectivity index (χ4v) is 4.62. The molecule has 7 nitrogen and oxygen atoms in total. The highest BCUT2D eigenvalue weighted by Gasteiger charge is 2.57. The molecule has 2 aromatic heterocycles. The fraction of sp³-hybridized carbons (Fsp3) is 0.478. The molecule has 1 fully saturated rings. The van der Waals surface area contributed by atoms with Crippen LogP contribution in [0.1, 0.15) is 50.9 Å². The molecule has 0 aromatic carbocycles. The highest BCUT2D eigenvalue weighted by Crippen LogP contribution is 2.49. The van der Waals surface area contributed by atoms with E-state index in [1.165, 1.54) is 6.92 Å². The van der Waals surface area contributed by atoms with Gasteiger partial charge in [-0.15, -0.1) is 0 Å². The molecule has 4 rings (SSSR count). The van der Waals surface area contributed by atoms with Gasteiger partial charge in [0.05, 0.1) is 5.92 Å². The Kier molecular flexibility index (Phi) is 5.00. The minimum absolute atomic E-state index is 0.0731. The number of fused-ring (bicyclic) bond motifs is 2. The Hall–Kier alpha value is -2.96. The number of hydrogen-bond acceptors (Lipinski definition) is 7. The molecule has 0 bridgehead atoms. The number of carbonyl (C=O) groups is 2. The second-order valence-corrected chi connectivity index (χ2v) is 8.66. The smallest absolute Gasteiger partial charge is 0.351 e. The first kappa shape index (κ1) is 20.3. The third kappa shape index (κ3) is 3.32. The topological polar surface area (TPSA) is 95.7 Å². The number of hydrogen-bond donors (Lipinski definition) is 0. The zero-order chi connectivity index (χ0) is 21.6. The van der Waals surface area contributed by atoms with Crippen molar-refractivity contribution in [1.29, 1.82) is 0 Å². The molecule has 158 valence electrons. The lowest BCUT2D eigenvalue weighted by Gasteiger charge is -2.50. The van der Waals surface area contributed by atoms with Crippen molar-refractivity contribution in [2.75, 3.05) is 0 Å². The predicted octanol–water partition coefficient (Wildman–Crippen LogP) is 3.65. The zero-order valence-corrected chi connectivity index (χ0v) is 17.5. The average molecular weight is 411 g/mol. The summed E-state index contributed by atoms with van der Waals surface area (Å²) in [5.41, 5.74) is -1.26. The van der Waals surface area contributed by atoms with E-state index in [0.717, 1.165) is 0 Å². The third-order valence-corrected chi connectivity index (χ3v) is 6.39. The standard InChI is InChI=1S/C23H25NO6/c1-12(2)15-8-16-21(26)20-18(30-23(16,4)19(9-15)28-13(3)25)10-17(29-22(20)27)14-6-5-7-24-11-14/h5-7,10-12,15-16,19H,8-9H2,1-4H3/t15-,16+,19-,23-/m0/s1. The van der Waals surface area contributed by atoms with Crippen LogP contribution in [0, 0.1) is 17.8 Å². The highest BCUT2D eigenvalue weighted by molar-refractivity contribution is 6.02. The van der Waals surface area contributed by atoms with E-state index in [-0.39, 0.29) is 28.8 Å². The van der Waals surface area contributed by atoms with Crippen LogP contribution in [0.25, 0.3) is 11.3 Å². The minimum Gasteiger partial charge on any atom is -0.482 e. The summed E-state index contributed by atoms with van der Waals surface area (Å²) >= 11 is 0. The van der Waals surface area contributed by atoms with E-state index in [1.54, 1.807) is 37.5 Å². The molecular formula is C23H25NO6. The molecule has 0 saturated heterocycles. The number of rotatable bonds is 3. The van der Waals surface area contributed by atoms with Crippen LogP contribution in [0.4, 0.5) is 0 Å². The molecule has 2 aliphatic rings. The Morgan fingerprint density at radius 1 is 1.30 bits per heavy atom. The Labute approximate surface area is 174 Å². The summed E-state index contributed by atoms with van der Waals surface area (Å²) in [6.07, 6.45) is 3.75. The molecule has 0 amide bonds. The minimum atomic E-state index is -1.05. The summed E-state index contributed by atoms with van der Waals surface area (Å²) in [5.74, 6) is -0.435. The molecule has 3 heterocycles. The van der Waals surface area contributed by atoms with Crippen LogP contribution in [0.15, 0.2) is 39.8 Å². The van der Waals surface area contributed by atoms with Gasteiger partial charge in [0.1, 0.15) is 23.2 Å². The summed E-state index contributed by atoms with van der Waals surface area (Å²) in [6, 6.07) is 5.02. The maximum absolute atomic E-state index is 13.4. The van der Waals surface area contributed by atoms with Gasteiger partial charge < -0.3 is 13.9 Å². The van der Waals surface area contributed by atoms with Crippen molar-refractivity contribution in [3.63, 3.8) is 0 Å². The van der Waals surface area contributed by atoms with Gasteiger partial charge in [0.25, 0.3) is 0 Å². The van der Waals surface area contributed by atoms with E-state index in [1.807, 2.05) is 0 Å². The van der Waals surface area contributed by atoms with Crippen molar-refractivity contribution < 1.29 is 23.5 Å². The van der Waals surface area contributed by atoms with E-state index in [0.29, 0.717) is 24.3 Å². The second kappa shape index (κ2) is 7.38. The number of Topliss-reactive ketones (excluding diaryl/α,β-unsaturated/α-hetero) is 1. The first-order chi connectivity index (χ1) is 14.2. The van der Waals surface area contributed by atoms with E-state index in [2.05, 4.69) is 18.8 Å². The quantitative estimate of drug-likeness (QED) is 0.711. The summed E-state index contributed by atoms with van der Waals surface area (Å²) in [4.78, 5) is 42.0. The first-order valence-corrected chi connectivity index (χ1v) is 10.2. The van der Waals surface area contributed by atoms with Crippen molar-refractivity contribution in [3.8, 4) is 17.1 Å². The summed E-state index contributed by atoms with van der Waals surface area (Å²) < 4.78 is 17.4. The summed E-state index contributed by atoms with van der Waals surface area (Å²) in [5, 5.41) is 0. The SMILES string of the molecule is CC(=O)O[C@H]1C[C@@H](C(C)C)C[C@@H]2C(=O)c3c(cc(-c4cccnc4)oc3=O)O[C@]12C. The molecule has 7 heteroatoms. The molecule has 0 unspecified atom stereocenters. The molecule has 30 heavy (non-hydrogen) atoms. The Balaban J connectivity index is 1.82. The van der Waals surface area contributed by atoms with Crippen LogP contribution in [-0.2, 0) is 9.53 Å². The molecule has 0 N–H and O–H groups in total. The lowest BCUT2D eigenvalue weighted by molar-refractivity contribution is -0.173. The number of ketones is 1. The molecule has 1 aliphatic heterocycles. The molecule has 4 atom stereocenters. The molecule has 1 saturated carbocycles. The second-order valence-electron chi connectivity index (χ2n) is 8.66. The van der Waals surface area contributed by atoms with Crippen LogP contribution in [-0.4, -0.2) is 28.4 Å². The maximum atomic E-state index is 13.4. The van der Waals surface area contributed by atoms with Crippen LogP contribution in [0.2, 0.25) is 0 Å². The van der Waals surface area contributed by atoms with Crippen LogP contribution < -0.4 is 10.4 Å². The lowest BCUT2D eigenvalue weighted by atomic mass is 9.64. The van der Waals surface area contributed by atoms with Gasteiger partial charge in [-0.1, -0.05) is 13.8 Å². The van der Waals surface area contributed by atoms with Gasteiger partial charge >= 0.3 is 11.6 Å². The Morgan fingerprint density at radius 2 is 2.07 bits per heavy atom. The fourth-order valence-electron chi connectivity index (χ4n) is 4.62. The molecule has 0 spiro atoms. The number of nitrogens with zero attached hydrogens (tertiary/aromatic N) is 1. The lowest BCUT2D eigenvalue weighted by Crippen LogP contribution is -2.62. The van der Waals surface area contributed by atoms with E-state index < -0.39 is 29.2 Å². The maximum Gasteiger partial charge on any atom is 0.351 e.